The van der Waals surface area contributed by atoms with E-state index in [0.717, 1.165) is 252 Å². The molecule has 1 aliphatic heterocycles. The van der Waals surface area contributed by atoms with Crippen molar-refractivity contribution in [3.8, 4) is 77.9 Å². The van der Waals surface area contributed by atoms with Crippen molar-refractivity contribution in [3.63, 3.8) is 0 Å². The molecule has 0 aliphatic carbocycles. The second-order valence-corrected chi connectivity index (χ2v) is 39.5. The van der Waals surface area contributed by atoms with Crippen molar-refractivity contribution in [2.75, 3.05) is 85.9 Å². The standard InChI is InChI=1S/C15H18BrN7.C14H18BrN7.C14H19N7.2C13H16BrN7.C13H17N7.C12H14BrN7/c1-22-8-10(6-19-22)11-7-20-23-14(17)13(16)12(21-15(11)23)4-9-2-3-18-5-9;1-21-8-9(6-18-21)10-7-19-22-13(17)12(15)11(20-14(10)22)4-2-3-5-16;1-20-9-10(7-17-20)12-8-18-21-13(16)6-11(19-14(12)21)4-2-3-5-15;1-7(15)3-10-11(14)12(16)21-13(19-10)9(5-18-21)8-4-17-20(2)6-8;1-20-7-8(5-17-20)9-6-18-21-12(16)11(14)10(3-2-4-15)19-13(9)21;1-19-8-9(6-16-19)11-7-17-20-12(15)5-10(3-2-4-14)18-13(11)20;1-19-6-7(4-16-19)8-5-17-20-11(15)10(13)9(2-3-14)18-12(8)20/h6-9,18H,2-5,17H2,1H3;6-8H,2-5,16-17H2,1H3;6-9H,2-5,15-16H2,1H3;4-7H,3,15-16H2,1-2H3;5-7H,2-4,15-16H2,1H3;5-8H,2-4,14-15H2,1H3;4-6H,2-3,14-15H2,1H3. The number of nitrogens with two attached hydrogens (primary N) is 13. The van der Waals surface area contributed by atoms with Crippen LogP contribution in [0.15, 0.2) is 165 Å². The van der Waals surface area contributed by atoms with Crippen molar-refractivity contribution in [1.29, 1.82) is 0 Å². The van der Waals surface area contributed by atoms with E-state index in [2.05, 4.69) is 171 Å². The van der Waals surface area contributed by atoms with Gasteiger partial charge in [-0.3, -0.25) is 32.8 Å². The predicted octanol–water partition coefficient (Wildman–Crippen LogP) is 8.68. The van der Waals surface area contributed by atoms with E-state index in [1.807, 2.05) is 118 Å². The highest BCUT2D eigenvalue weighted by molar-refractivity contribution is 9.11. The van der Waals surface area contributed by atoms with E-state index in [4.69, 9.17) is 94.5 Å². The van der Waals surface area contributed by atoms with Crippen molar-refractivity contribution in [2.24, 2.45) is 89.7 Å². The predicted molar refractivity (Wildman–Crippen MR) is 589 cm³/mol. The minimum absolute atomic E-state index is 0.000383. The quantitative estimate of drug-likeness (QED) is 0.0214. The third-order valence-corrected chi connectivity index (χ3v) is 28.5. The molecule has 1 saturated heterocycles. The Morgan fingerprint density at radius 1 is 0.297 bits per heavy atom. The van der Waals surface area contributed by atoms with E-state index >= 15 is 0 Å². The van der Waals surface area contributed by atoms with Crippen molar-refractivity contribution in [1.82, 2.24) is 176 Å². The van der Waals surface area contributed by atoms with Gasteiger partial charge in [0.2, 0.25) is 0 Å². The zero-order valence-corrected chi connectivity index (χ0v) is 90.8. The molecule has 22 heterocycles. The molecule has 49 nitrogen and oxygen atoms in total. The van der Waals surface area contributed by atoms with Crippen LogP contribution in [0.5, 0.6) is 0 Å². The first kappa shape index (κ1) is 106. The fraction of sp³-hybridized carbons (Fsp3) is 0.330. The smallest absolute Gasteiger partial charge is 0.165 e. The molecule has 2 atom stereocenters. The number of hydrogen-bond acceptors (Lipinski definition) is 35. The van der Waals surface area contributed by atoms with E-state index in [9.17, 15) is 0 Å². The summed E-state index contributed by atoms with van der Waals surface area (Å²) in [5.74, 6) is 4.51. The maximum Gasteiger partial charge on any atom is 0.165 e. The number of nitrogen functional groups attached to an aromatic ring is 7. The van der Waals surface area contributed by atoms with E-state index < -0.39 is 0 Å². The molecule has 27 N–H and O–H groups in total. The summed E-state index contributed by atoms with van der Waals surface area (Å²) < 4.78 is 27.7. The van der Waals surface area contributed by atoms with Gasteiger partial charge in [-0.25, -0.2) is 34.9 Å². The van der Waals surface area contributed by atoms with Gasteiger partial charge in [-0.1, -0.05) is 0 Å². The third-order valence-electron chi connectivity index (χ3n) is 24.2. The molecular formula is C94H118Br5N49. The molecule has 21 aromatic heterocycles. The summed E-state index contributed by atoms with van der Waals surface area (Å²) in [6, 6.07) is 3.73. The fourth-order valence-electron chi connectivity index (χ4n) is 16.7. The van der Waals surface area contributed by atoms with Gasteiger partial charge in [0.15, 0.2) is 39.5 Å². The summed E-state index contributed by atoms with van der Waals surface area (Å²) in [4.78, 5) is 33.0. The van der Waals surface area contributed by atoms with Gasteiger partial charge in [-0.15, -0.1) is 0 Å². The van der Waals surface area contributed by atoms with Gasteiger partial charge in [-0.05, 0) is 215 Å². The normalized spacial score (nSPS) is 12.6. The Balaban J connectivity index is 0.000000123. The average molecular weight is 2330 g/mol. The van der Waals surface area contributed by atoms with Gasteiger partial charge in [0.05, 0.1) is 138 Å². The first-order chi connectivity index (χ1) is 71.3. The lowest BCUT2D eigenvalue weighted by atomic mass is 10.0. The number of unbranched alkanes of at least 4 members (excludes halogenated alkanes) is 2. The van der Waals surface area contributed by atoms with Gasteiger partial charge in [0.25, 0.3) is 0 Å². The van der Waals surface area contributed by atoms with Crippen LogP contribution >= 0.6 is 79.6 Å². The molecule has 0 radical (unpaired) electrons. The van der Waals surface area contributed by atoms with Crippen LogP contribution in [0, 0.1) is 5.92 Å². The van der Waals surface area contributed by atoms with Crippen LogP contribution in [0.1, 0.15) is 91.7 Å². The van der Waals surface area contributed by atoms with E-state index in [0.29, 0.717) is 104 Å². The number of aromatic nitrogens is 35. The van der Waals surface area contributed by atoms with Gasteiger partial charge in [0.1, 0.15) is 40.7 Å². The van der Waals surface area contributed by atoms with E-state index in [-0.39, 0.29) is 6.04 Å². The monoisotopic (exact) mass is 2330 g/mol. The van der Waals surface area contributed by atoms with E-state index in [1.54, 1.807) is 145 Å². The number of aryl methyl sites for hydroxylation is 11. The number of fused-ring (bicyclic) bond motifs is 7. The van der Waals surface area contributed by atoms with Crippen molar-refractivity contribution in [2.45, 2.75) is 103 Å². The SMILES string of the molecule is CC(N)Cc1nc2c(-c3cnn(C)c3)cnn2c(N)c1Br.Cn1cc(-c2cnn3c(N)c(Br)c(CC4CCNC4)nc23)cn1.Cn1cc(-c2cnn3c(N)c(Br)c(CCCCN)nc23)cn1.Cn1cc(-c2cnn3c(N)c(Br)c(CCCN)nc23)cn1.Cn1cc(-c2cnn3c(N)c(Br)c(CCN)nc23)cn1.Cn1cc(-c2cnn3c(N)cc(CCCCN)nc23)cn1.Cn1cc(-c2cnn3c(N)cc(CCCN)nc23)cn1. The molecule has 0 saturated carbocycles. The largest absolute Gasteiger partial charge is 0.384 e. The van der Waals surface area contributed by atoms with Crippen LogP contribution in [0.4, 0.5) is 40.7 Å². The van der Waals surface area contributed by atoms with Gasteiger partial charge in [0, 0.05) is 213 Å². The Labute approximate surface area is 890 Å². The molecule has 0 aromatic carbocycles. The van der Waals surface area contributed by atoms with Crippen LogP contribution in [0.25, 0.3) is 117 Å². The van der Waals surface area contributed by atoms with Crippen molar-refractivity contribution < 1.29 is 0 Å². The van der Waals surface area contributed by atoms with Gasteiger partial charge < -0.3 is 79.9 Å². The summed E-state index contributed by atoms with van der Waals surface area (Å²) in [5, 5.41) is 63.0. The maximum absolute atomic E-state index is 6.27. The zero-order valence-electron chi connectivity index (χ0n) is 82.8. The second-order valence-electron chi connectivity index (χ2n) is 35.6. The highest BCUT2D eigenvalue weighted by Gasteiger charge is 2.27. The molecule has 1 aliphatic rings. The molecule has 54 heteroatoms. The lowest BCUT2D eigenvalue weighted by Gasteiger charge is -2.12. The number of nitrogens with one attached hydrogen (secondary N) is 1. The summed E-state index contributed by atoms with van der Waals surface area (Å²) in [7, 11) is 13.2. The van der Waals surface area contributed by atoms with Crippen LogP contribution in [-0.2, 0) is 94.3 Å². The van der Waals surface area contributed by atoms with Crippen LogP contribution in [0.3, 0.4) is 0 Å². The molecule has 0 bridgehead atoms. The highest BCUT2D eigenvalue weighted by atomic mass is 79.9. The first-order valence-corrected chi connectivity index (χ1v) is 51.5. The minimum Gasteiger partial charge on any atom is -0.384 e. The molecule has 21 aromatic rings. The summed E-state index contributed by atoms with van der Waals surface area (Å²) in [6.07, 6.45) is 50.8. The van der Waals surface area contributed by atoms with Crippen molar-refractivity contribution >= 4 is 160 Å². The number of hydrogen-bond donors (Lipinski definition) is 14. The molecule has 0 spiro atoms. The Kier molecular flexibility index (Phi) is 34.2. The second kappa shape index (κ2) is 47.6. The van der Waals surface area contributed by atoms with Crippen LogP contribution in [-0.4, -0.2) is 223 Å². The summed E-state index contributed by atoms with van der Waals surface area (Å²) >= 11 is 17.5. The Hall–Kier alpha value is -14.5. The van der Waals surface area contributed by atoms with Crippen LogP contribution in [0.2, 0.25) is 0 Å². The summed E-state index contributed by atoms with van der Waals surface area (Å²) in [6.45, 7) is 7.20. The molecule has 0 amide bonds. The molecule has 774 valence electrons. The lowest BCUT2D eigenvalue weighted by Crippen LogP contribution is -2.19. The van der Waals surface area contributed by atoms with Crippen LogP contribution < -0.4 is 79.9 Å². The minimum atomic E-state index is 0.000383. The van der Waals surface area contributed by atoms with Crippen molar-refractivity contribution in [3.05, 3.63) is 204 Å². The highest BCUT2D eigenvalue weighted by Crippen LogP contribution is 2.38. The molecule has 22 rings (SSSR count). The number of rotatable bonds is 27. The fourth-order valence-corrected chi connectivity index (χ4v) is 18.9. The molecule has 148 heavy (non-hydrogen) atoms. The third kappa shape index (κ3) is 23.7. The number of anilines is 7. The zero-order chi connectivity index (χ0) is 105. The molecule has 1 fully saturated rings. The lowest BCUT2D eigenvalue weighted by molar-refractivity contribution is 0.570. The molecular weight excluding hydrogens is 2210 g/mol. The number of nitrogens with zero attached hydrogens (tertiary/aromatic N) is 35. The Morgan fingerprint density at radius 3 is 0.824 bits per heavy atom. The first-order valence-electron chi connectivity index (χ1n) is 47.6. The number of halogens is 5. The Bertz CT molecular complexity index is 8170. The van der Waals surface area contributed by atoms with Gasteiger partial charge in [-0.2, -0.15) is 103 Å². The Morgan fingerprint density at radius 2 is 0.547 bits per heavy atom. The summed E-state index contributed by atoms with van der Waals surface area (Å²) in [5.41, 5.74) is 102. The average Bonchev–Trinajstić information content (AvgIpc) is 1.64. The van der Waals surface area contributed by atoms with Gasteiger partial charge >= 0.3 is 0 Å². The topological polar surface area (TPSA) is 686 Å². The maximum atomic E-state index is 6.27. The molecule has 2 unspecified atom stereocenters. The van der Waals surface area contributed by atoms with E-state index in [1.165, 1.54) is 6.42 Å².